The van der Waals surface area contributed by atoms with Crippen LogP contribution in [-0.2, 0) is 0 Å². The SMILES string of the molecule is CC(CC(C)=Nc1ccc(Cl)cc1)=Nc1ccccc1. The summed E-state index contributed by atoms with van der Waals surface area (Å²) in [7, 11) is 0. The molecule has 2 rings (SSSR count). The monoisotopic (exact) mass is 284 g/mol. The van der Waals surface area contributed by atoms with Gasteiger partial charge in [0.2, 0.25) is 0 Å². The van der Waals surface area contributed by atoms with Crippen LogP contribution >= 0.6 is 11.6 Å². The van der Waals surface area contributed by atoms with Crippen LogP contribution in [0, 0.1) is 0 Å². The molecular weight excluding hydrogens is 268 g/mol. The highest BCUT2D eigenvalue weighted by Gasteiger charge is 1.98. The Hall–Kier alpha value is -1.93. The molecule has 0 bridgehead atoms. The Balaban J connectivity index is 2.05. The van der Waals surface area contributed by atoms with Crippen molar-refractivity contribution in [2.75, 3.05) is 0 Å². The van der Waals surface area contributed by atoms with E-state index in [4.69, 9.17) is 11.6 Å². The third-order valence-corrected chi connectivity index (χ3v) is 2.99. The van der Waals surface area contributed by atoms with E-state index >= 15 is 0 Å². The second-order valence-corrected chi connectivity index (χ2v) is 5.12. The maximum atomic E-state index is 5.86. The predicted molar refractivity (Wildman–Crippen MR) is 88.0 cm³/mol. The van der Waals surface area contributed by atoms with Crippen LogP contribution in [0.5, 0.6) is 0 Å². The lowest BCUT2D eigenvalue weighted by molar-refractivity contribution is 1.37. The van der Waals surface area contributed by atoms with Gasteiger partial charge in [0.1, 0.15) is 0 Å². The summed E-state index contributed by atoms with van der Waals surface area (Å²) in [6, 6.07) is 17.5. The van der Waals surface area contributed by atoms with Crippen molar-refractivity contribution in [3.8, 4) is 0 Å². The molecule has 2 aromatic carbocycles. The Morgan fingerprint density at radius 1 is 0.800 bits per heavy atom. The fourth-order valence-electron chi connectivity index (χ4n) is 1.91. The number of para-hydroxylation sites is 1. The predicted octanol–water partition coefficient (Wildman–Crippen LogP) is 5.62. The highest BCUT2D eigenvalue weighted by atomic mass is 35.5. The van der Waals surface area contributed by atoms with Crippen molar-refractivity contribution >= 4 is 34.4 Å². The van der Waals surface area contributed by atoms with Crippen LogP contribution in [-0.4, -0.2) is 11.4 Å². The topological polar surface area (TPSA) is 24.7 Å². The summed E-state index contributed by atoms with van der Waals surface area (Å²) >= 11 is 5.86. The first kappa shape index (κ1) is 14.5. The van der Waals surface area contributed by atoms with Crippen LogP contribution in [0.15, 0.2) is 64.6 Å². The van der Waals surface area contributed by atoms with Gasteiger partial charge in [-0.15, -0.1) is 0 Å². The van der Waals surface area contributed by atoms with Crippen LogP contribution in [0.1, 0.15) is 20.3 Å². The molecule has 0 heterocycles. The number of halogens is 1. The third kappa shape index (κ3) is 4.63. The van der Waals surface area contributed by atoms with E-state index in [1.54, 1.807) is 0 Å². The van der Waals surface area contributed by atoms with Gasteiger partial charge in [-0.1, -0.05) is 29.8 Å². The zero-order valence-corrected chi connectivity index (χ0v) is 12.4. The fourth-order valence-corrected chi connectivity index (χ4v) is 2.03. The number of nitrogens with zero attached hydrogens (tertiary/aromatic N) is 2. The minimum absolute atomic E-state index is 0.725. The summed E-state index contributed by atoms with van der Waals surface area (Å²) in [6.45, 7) is 4.03. The van der Waals surface area contributed by atoms with Gasteiger partial charge in [-0.2, -0.15) is 0 Å². The Kier molecular flexibility index (Phi) is 5.08. The van der Waals surface area contributed by atoms with Crippen LogP contribution in [0.3, 0.4) is 0 Å². The molecule has 0 fully saturated rings. The molecule has 0 aromatic heterocycles. The first-order valence-electron chi connectivity index (χ1n) is 6.52. The van der Waals surface area contributed by atoms with Gasteiger partial charge in [-0.05, 0) is 50.2 Å². The van der Waals surface area contributed by atoms with Gasteiger partial charge < -0.3 is 0 Å². The first-order valence-corrected chi connectivity index (χ1v) is 6.90. The normalized spacial score (nSPS) is 12.6. The van der Waals surface area contributed by atoms with Gasteiger partial charge in [-0.3, -0.25) is 9.98 Å². The average molecular weight is 285 g/mol. The quantitative estimate of drug-likeness (QED) is 0.652. The minimum atomic E-state index is 0.725. The Morgan fingerprint density at radius 2 is 1.30 bits per heavy atom. The summed E-state index contributed by atoms with van der Waals surface area (Å²) in [4.78, 5) is 9.13. The van der Waals surface area contributed by atoms with E-state index in [1.807, 2.05) is 68.4 Å². The van der Waals surface area contributed by atoms with Crippen LogP contribution in [0.2, 0.25) is 5.02 Å². The Labute approximate surface area is 124 Å². The largest absolute Gasteiger partial charge is 0.258 e. The van der Waals surface area contributed by atoms with E-state index in [0.29, 0.717) is 0 Å². The van der Waals surface area contributed by atoms with Gasteiger partial charge in [0.15, 0.2) is 0 Å². The van der Waals surface area contributed by atoms with Gasteiger partial charge >= 0.3 is 0 Å². The van der Waals surface area contributed by atoms with Gasteiger partial charge in [0.05, 0.1) is 11.4 Å². The second kappa shape index (κ2) is 7.01. The second-order valence-electron chi connectivity index (χ2n) is 4.68. The van der Waals surface area contributed by atoms with Gasteiger partial charge in [0.25, 0.3) is 0 Å². The minimum Gasteiger partial charge on any atom is -0.258 e. The van der Waals surface area contributed by atoms with E-state index in [1.165, 1.54) is 0 Å². The Morgan fingerprint density at radius 3 is 1.85 bits per heavy atom. The van der Waals surface area contributed by atoms with Crippen molar-refractivity contribution in [2.24, 2.45) is 9.98 Å². The highest BCUT2D eigenvalue weighted by Crippen LogP contribution is 2.17. The van der Waals surface area contributed by atoms with E-state index in [-0.39, 0.29) is 0 Å². The maximum absolute atomic E-state index is 5.86. The van der Waals surface area contributed by atoms with E-state index in [9.17, 15) is 0 Å². The smallest absolute Gasteiger partial charge is 0.0630 e. The molecule has 2 nitrogen and oxygen atoms in total. The molecule has 0 aliphatic rings. The van der Waals surface area contributed by atoms with Crippen molar-refractivity contribution in [1.29, 1.82) is 0 Å². The summed E-state index contributed by atoms with van der Waals surface area (Å²) in [5.41, 5.74) is 3.97. The van der Waals surface area contributed by atoms with E-state index in [2.05, 4.69) is 9.98 Å². The number of benzene rings is 2. The number of hydrogen-bond donors (Lipinski definition) is 0. The molecule has 0 saturated carbocycles. The van der Waals surface area contributed by atoms with Gasteiger partial charge in [-0.25, -0.2) is 0 Å². The molecule has 20 heavy (non-hydrogen) atoms. The lowest BCUT2D eigenvalue weighted by Crippen LogP contribution is -1.99. The molecule has 0 N–H and O–H groups in total. The van der Waals surface area contributed by atoms with E-state index < -0.39 is 0 Å². The van der Waals surface area contributed by atoms with Crippen LogP contribution < -0.4 is 0 Å². The summed E-state index contributed by atoms with van der Waals surface area (Å²) in [6.07, 6.45) is 0.761. The maximum Gasteiger partial charge on any atom is 0.0630 e. The van der Waals surface area contributed by atoms with Crippen molar-refractivity contribution < 1.29 is 0 Å². The molecule has 0 unspecified atom stereocenters. The molecule has 0 atom stereocenters. The van der Waals surface area contributed by atoms with Crippen molar-refractivity contribution in [1.82, 2.24) is 0 Å². The molecule has 0 saturated heterocycles. The van der Waals surface area contributed by atoms with Crippen LogP contribution in [0.25, 0.3) is 0 Å². The molecule has 0 spiro atoms. The molecule has 2 aromatic rings. The summed E-state index contributed by atoms with van der Waals surface area (Å²) in [5.74, 6) is 0. The average Bonchev–Trinajstić information content (AvgIpc) is 2.42. The third-order valence-electron chi connectivity index (χ3n) is 2.73. The molecular formula is C17H17ClN2. The molecule has 0 radical (unpaired) electrons. The zero-order valence-electron chi connectivity index (χ0n) is 11.7. The van der Waals surface area contributed by atoms with Crippen molar-refractivity contribution in [2.45, 2.75) is 20.3 Å². The lowest BCUT2D eigenvalue weighted by Gasteiger charge is -2.02. The molecule has 3 heteroatoms. The molecule has 102 valence electrons. The van der Waals surface area contributed by atoms with Crippen LogP contribution in [0.4, 0.5) is 11.4 Å². The Bertz CT molecular complexity index is 613. The highest BCUT2D eigenvalue weighted by molar-refractivity contribution is 6.30. The van der Waals surface area contributed by atoms with E-state index in [0.717, 1.165) is 34.2 Å². The molecule has 0 aliphatic carbocycles. The number of hydrogen-bond acceptors (Lipinski definition) is 2. The summed E-state index contributed by atoms with van der Waals surface area (Å²) < 4.78 is 0. The van der Waals surface area contributed by atoms with Gasteiger partial charge in [0, 0.05) is 22.9 Å². The van der Waals surface area contributed by atoms with Crippen molar-refractivity contribution in [3.63, 3.8) is 0 Å². The molecule has 0 aliphatic heterocycles. The summed E-state index contributed by atoms with van der Waals surface area (Å²) in [5, 5.41) is 0.725. The molecule has 0 amide bonds. The standard InChI is InChI=1S/C17H17ClN2/c1-13(19-16-6-4-3-5-7-16)12-14(2)20-17-10-8-15(18)9-11-17/h3-11H,12H2,1-2H3. The lowest BCUT2D eigenvalue weighted by atomic mass is 10.2. The zero-order chi connectivity index (χ0) is 14.4. The number of rotatable bonds is 4. The number of aliphatic imine (C=N–C) groups is 2. The van der Waals surface area contributed by atoms with Crippen molar-refractivity contribution in [3.05, 3.63) is 59.6 Å². The fraction of sp³-hybridized carbons (Fsp3) is 0.176. The first-order chi connectivity index (χ1) is 9.63.